The maximum Gasteiger partial charge on any atom is 0.261 e. The monoisotopic (exact) mass is 432 g/mol. The van der Waals surface area contributed by atoms with Crippen LogP contribution in [0.25, 0.3) is 10.9 Å². The Hall–Kier alpha value is -3.48. The lowest BCUT2D eigenvalue weighted by molar-refractivity contribution is 0.0827. The van der Waals surface area contributed by atoms with Crippen LogP contribution in [0.2, 0.25) is 0 Å². The molecule has 7 nitrogen and oxygen atoms in total. The zero-order valence-corrected chi connectivity index (χ0v) is 18.6. The van der Waals surface area contributed by atoms with Gasteiger partial charge in [-0.15, -0.1) is 0 Å². The van der Waals surface area contributed by atoms with Crippen LogP contribution in [0.4, 0.5) is 0 Å². The summed E-state index contributed by atoms with van der Waals surface area (Å²) in [5.74, 6) is 0.523. The third-order valence-electron chi connectivity index (χ3n) is 5.89. The molecule has 0 saturated heterocycles. The molecule has 0 atom stereocenters. The Balaban J connectivity index is 1.50. The second-order valence-corrected chi connectivity index (χ2v) is 8.46. The van der Waals surface area contributed by atoms with E-state index >= 15 is 0 Å². The topological polar surface area (TPSA) is 84.3 Å². The van der Waals surface area contributed by atoms with E-state index in [0.29, 0.717) is 35.1 Å². The fourth-order valence-corrected chi connectivity index (χ4v) is 4.04. The van der Waals surface area contributed by atoms with Gasteiger partial charge in [0.1, 0.15) is 5.82 Å². The van der Waals surface area contributed by atoms with Crippen LogP contribution in [0.1, 0.15) is 57.8 Å². The van der Waals surface area contributed by atoms with Crippen LogP contribution in [0.5, 0.6) is 0 Å². The Morgan fingerprint density at radius 1 is 1.00 bits per heavy atom. The summed E-state index contributed by atoms with van der Waals surface area (Å²) in [5.41, 5.74) is 2.52. The first-order chi connectivity index (χ1) is 15.4. The van der Waals surface area contributed by atoms with E-state index in [-0.39, 0.29) is 17.4 Å². The highest BCUT2D eigenvalue weighted by Crippen LogP contribution is 2.16. The van der Waals surface area contributed by atoms with Gasteiger partial charge in [-0.25, -0.2) is 4.98 Å². The van der Waals surface area contributed by atoms with Crippen molar-refractivity contribution in [2.75, 3.05) is 14.1 Å². The van der Waals surface area contributed by atoms with Gasteiger partial charge in [-0.3, -0.25) is 19.0 Å². The number of rotatable bonds is 4. The van der Waals surface area contributed by atoms with E-state index in [1.807, 2.05) is 12.1 Å². The lowest BCUT2D eigenvalue weighted by atomic mass is 10.1. The third-order valence-corrected chi connectivity index (χ3v) is 5.89. The predicted octanol–water partition coefficient (Wildman–Crippen LogP) is 3.14. The molecule has 3 aromatic rings. The number of nitrogens with one attached hydrogen (secondary N) is 1. The van der Waals surface area contributed by atoms with Crippen molar-refractivity contribution in [1.29, 1.82) is 0 Å². The number of carbonyl (C=O) groups is 2. The molecule has 1 aliphatic heterocycles. The molecule has 32 heavy (non-hydrogen) atoms. The summed E-state index contributed by atoms with van der Waals surface area (Å²) >= 11 is 0. The summed E-state index contributed by atoms with van der Waals surface area (Å²) < 4.78 is 1.80. The fraction of sp³-hybridized carbons (Fsp3) is 0.360. The predicted molar refractivity (Wildman–Crippen MR) is 124 cm³/mol. The van der Waals surface area contributed by atoms with Crippen LogP contribution in [0.15, 0.2) is 47.3 Å². The first kappa shape index (κ1) is 21.7. The highest BCUT2D eigenvalue weighted by Gasteiger charge is 2.15. The van der Waals surface area contributed by atoms with E-state index in [0.717, 1.165) is 43.5 Å². The zero-order valence-electron chi connectivity index (χ0n) is 18.6. The van der Waals surface area contributed by atoms with Gasteiger partial charge in [-0.2, -0.15) is 0 Å². The van der Waals surface area contributed by atoms with E-state index < -0.39 is 0 Å². The molecule has 0 spiro atoms. The van der Waals surface area contributed by atoms with Gasteiger partial charge in [0.2, 0.25) is 0 Å². The zero-order chi connectivity index (χ0) is 22.7. The Morgan fingerprint density at radius 3 is 2.47 bits per heavy atom. The second-order valence-electron chi connectivity index (χ2n) is 8.46. The van der Waals surface area contributed by atoms with Gasteiger partial charge in [0.05, 0.1) is 10.9 Å². The van der Waals surface area contributed by atoms with Gasteiger partial charge in [0.15, 0.2) is 0 Å². The number of aryl methyl sites for hydroxylation is 1. The molecule has 4 rings (SSSR count). The molecule has 2 aromatic carbocycles. The van der Waals surface area contributed by atoms with Crippen LogP contribution in [0.3, 0.4) is 0 Å². The Morgan fingerprint density at radius 2 is 1.72 bits per heavy atom. The minimum Gasteiger partial charge on any atom is -0.348 e. The molecule has 1 N–H and O–H groups in total. The minimum absolute atomic E-state index is 0.0220. The van der Waals surface area contributed by atoms with Crippen molar-refractivity contribution in [3.05, 3.63) is 75.3 Å². The Bertz CT molecular complexity index is 1210. The van der Waals surface area contributed by atoms with Crippen molar-refractivity contribution in [1.82, 2.24) is 19.8 Å². The summed E-state index contributed by atoms with van der Waals surface area (Å²) in [6.45, 7) is 1.05. The molecule has 2 amide bonds. The van der Waals surface area contributed by atoms with Crippen LogP contribution in [-0.4, -0.2) is 40.4 Å². The molecule has 0 saturated carbocycles. The lowest BCUT2D eigenvalue weighted by Crippen LogP contribution is -2.27. The number of nitrogens with zero attached hydrogens (tertiary/aromatic N) is 3. The van der Waals surface area contributed by atoms with Gasteiger partial charge in [0.25, 0.3) is 17.4 Å². The van der Waals surface area contributed by atoms with E-state index in [4.69, 9.17) is 4.98 Å². The van der Waals surface area contributed by atoms with Gasteiger partial charge in [-0.05, 0) is 48.7 Å². The smallest absolute Gasteiger partial charge is 0.261 e. The number of carbonyl (C=O) groups excluding carboxylic acids is 2. The molecule has 0 unspecified atom stereocenters. The number of hydrogen-bond acceptors (Lipinski definition) is 4. The molecular formula is C25H28N4O3. The molecule has 2 heterocycles. The van der Waals surface area contributed by atoms with Crippen molar-refractivity contribution in [2.45, 2.75) is 45.2 Å². The molecular weight excluding hydrogens is 404 g/mol. The Kier molecular flexibility index (Phi) is 6.35. The highest BCUT2D eigenvalue weighted by molar-refractivity contribution is 5.97. The van der Waals surface area contributed by atoms with E-state index in [9.17, 15) is 14.4 Å². The summed E-state index contributed by atoms with van der Waals surface area (Å²) in [7, 11) is 3.42. The van der Waals surface area contributed by atoms with Crippen LogP contribution < -0.4 is 10.9 Å². The van der Waals surface area contributed by atoms with Crippen molar-refractivity contribution in [2.24, 2.45) is 0 Å². The van der Waals surface area contributed by atoms with Crippen LogP contribution >= 0.6 is 0 Å². The largest absolute Gasteiger partial charge is 0.348 e. The van der Waals surface area contributed by atoms with E-state index in [1.165, 1.54) is 4.90 Å². The summed E-state index contributed by atoms with van der Waals surface area (Å²) in [4.78, 5) is 43.9. The van der Waals surface area contributed by atoms with Crippen molar-refractivity contribution >= 4 is 22.7 Å². The normalized spacial score (nSPS) is 13.7. The molecule has 1 aromatic heterocycles. The van der Waals surface area contributed by atoms with Gasteiger partial charge in [0, 0.05) is 44.7 Å². The molecule has 0 bridgehead atoms. The fourth-order valence-electron chi connectivity index (χ4n) is 4.04. The molecule has 7 heteroatoms. The summed E-state index contributed by atoms with van der Waals surface area (Å²) in [6, 6.07) is 12.2. The van der Waals surface area contributed by atoms with Crippen molar-refractivity contribution < 1.29 is 9.59 Å². The highest BCUT2D eigenvalue weighted by atomic mass is 16.2. The summed E-state index contributed by atoms with van der Waals surface area (Å²) in [6.07, 6.45) is 5.09. The molecule has 0 radical (unpaired) electrons. The number of amides is 2. The molecule has 0 fully saturated rings. The number of aromatic nitrogens is 2. The SMILES string of the molecule is CN(C)C(=O)c1ccc(CNC(=O)c2ccc3c(=O)n4c(nc3c2)CCCCCC4)cc1. The second kappa shape index (κ2) is 9.34. The average Bonchev–Trinajstić information content (AvgIpc) is 2.78. The third kappa shape index (κ3) is 4.56. The Labute approximate surface area is 187 Å². The first-order valence-electron chi connectivity index (χ1n) is 11.1. The van der Waals surface area contributed by atoms with E-state index in [1.54, 1.807) is 49.0 Å². The maximum absolute atomic E-state index is 12.9. The van der Waals surface area contributed by atoms with Gasteiger partial charge >= 0.3 is 0 Å². The average molecular weight is 433 g/mol. The molecule has 1 aliphatic rings. The summed E-state index contributed by atoms with van der Waals surface area (Å²) in [5, 5.41) is 3.45. The van der Waals surface area contributed by atoms with Crippen LogP contribution in [0, 0.1) is 0 Å². The van der Waals surface area contributed by atoms with Crippen molar-refractivity contribution in [3.63, 3.8) is 0 Å². The molecule has 0 aliphatic carbocycles. The van der Waals surface area contributed by atoms with Gasteiger partial charge < -0.3 is 10.2 Å². The number of benzene rings is 2. The minimum atomic E-state index is -0.228. The standard InChI is InChI=1S/C25H28N4O3/c1-28(2)24(31)18-10-8-17(9-11-18)16-26-23(30)19-12-13-20-21(15-19)27-22-7-5-3-4-6-14-29(22)25(20)32/h8-13,15H,3-7,14,16H2,1-2H3,(H,26,30). The quantitative estimate of drug-likeness (QED) is 0.686. The first-order valence-corrected chi connectivity index (χ1v) is 11.1. The maximum atomic E-state index is 12.9. The van der Waals surface area contributed by atoms with Crippen molar-refractivity contribution in [3.8, 4) is 0 Å². The van der Waals surface area contributed by atoms with Crippen LogP contribution in [-0.2, 0) is 19.5 Å². The number of fused-ring (bicyclic) bond motifs is 2. The lowest BCUT2D eigenvalue weighted by Gasteiger charge is -2.16. The number of hydrogen-bond donors (Lipinski definition) is 1. The van der Waals surface area contributed by atoms with Gasteiger partial charge in [-0.1, -0.05) is 25.0 Å². The molecule has 166 valence electrons. The van der Waals surface area contributed by atoms with E-state index in [2.05, 4.69) is 5.32 Å².